The van der Waals surface area contributed by atoms with Gasteiger partial charge in [-0.2, -0.15) is 0 Å². The quantitative estimate of drug-likeness (QED) is 0.245. The molecule has 0 atom stereocenters. The van der Waals surface area contributed by atoms with Gasteiger partial charge in [-0.1, -0.05) is 18.2 Å². The van der Waals surface area contributed by atoms with E-state index >= 15 is 0 Å². The van der Waals surface area contributed by atoms with Crippen molar-refractivity contribution in [3.8, 4) is 0 Å². The zero-order chi connectivity index (χ0) is 6.41. The molecule has 0 saturated carbocycles. The first-order chi connectivity index (χ1) is 3.77. The van der Waals surface area contributed by atoms with Crippen molar-refractivity contribution in [2.45, 2.75) is 6.92 Å². The fourth-order valence-electron chi connectivity index (χ4n) is 0.245. The maximum Gasteiger partial charge on any atom is 1.00 e. The van der Waals surface area contributed by atoms with Gasteiger partial charge in [0.15, 0.2) is 0 Å². The summed E-state index contributed by atoms with van der Waals surface area (Å²) in [5, 5.41) is 9.64. The summed E-state index contributed by atoms with van der Waals surface area (Å²) in [4.78, 5) is 9.64. The van der Waals surface area contributed by atoms with E-state index in [0.29, 0.717) is 0 Å². The maximum absolute atomic E-state index is 9.64. The number of allylic oxidation sites excluding steroid dienone is 3. The third-order valence-corrected chi connectivity index (χ3v) is 0.536. The van der Waals surface area contributed by atoms with Gasteiger partial charge in [0.2, 0.25) is 0 Å². The van der Waals surface area contributed by atoms with Crippen LogP contribution in [0.3, 0.4) is 0 Å². The van der Waals surface area contributed by atoms with Crippen molar-refractivity contribution in [1.29, 1.82) is 0 Å². The number of carboxylic acid groups (broad SMARTS) is 1. The van der Waals surface area contributed by atoms with E-state index in [9.17, 15) is 9.90 Å². The Labute approximate surface area is 125 Å². The molecular formula is C6H8KNaO2. The molecule has 0 aliphatic rings. The Balaban J connectivity index is -0.000000245. The minimum Gasteiger partial charge on any atom is 1.00 e. The summed E-state index contributed by atoms with van der Waals surface area (Å²) < 4.78 is 0. The predicted molar refractivity (Wildman–Crippen MR) is 36.1 cm³/mol. The monoisotopic (exact) mass is 174 g/mol. The Morgan fingerprint density at radius 1 is 1.40 bits per heavy atom. The van der Waals surface area contributed by atoms with Crippen molar-refractivity contribution in [2.75, 3.05) is 0 Å². The van der Waals surface area contributed by atoms with Crippen molar-refractivity contribution in [2.24, 2.45) is 0 Å². The SMILES string of the molecule is C/C=C/C=C/C(=O)[O-].[KH].[Na+]. The summed E-state index contributed by atoms with van der Waals surface area (Å²) in [6.45, 7) is 1.81. The first-order valence-electron chi connectivity index (χ1n) is 2.27. The van der Waals surface area contributed by atoms with E-state index in [-0.39, 0.29) is 80.9 Å². The van der Waals surface area contributed by atoms with Crippen LogP contribution in [-0.2, 0) is 4.79 Å². The van der Waals surface area contributed by atoms with Crippen LogP contribution in [0.4, 0.5) is 0 Å². The van der Waals surface area contributed by atoms with E-state index in [1.165, 1.54) is 6.08 Å². The summed E-state index contributed by atoms with van der Waals surface area (Å²) in [6.07, 6.45) is 5.74. The van der Waals surface area contributed by atoms with Crippen molar-refractivity contribution in [3.05, 3.63) is 24.3 Å². The molecule has 0 heterocycles. The number of hydrogen-bond acceptors (Lipinski definition) is 2. The summed E-state index contributed by atoms with van der Waals surface area (Å²) in [5.74, 6) is -1.16. The van der Waals surface area contributed by atoms with Gasteiger partial charge in [-0.25, -0.2) is 0 Å². The molecule has 0 aromatic carbocycles. The molecule has 0 aliphatic carbocycles. The molecule has 0 N–H and O–H groups in total. The fraction of sp³-hybridized carbons (Fsp3) is 0.167. The van der Waals surface area contributed by atoms with Crippen LogP contribution < -0.4 is 34.7 Å². The van der Waals surface area contributed by atoms with Gasteiger partial charge in [0.05, 0.1) is 5.97 Å². The van der Waals surface area contributed by atoms with Crippen LogP contribution in [0.25, 0.3) is 0 Å². The van der Waals surface area contributed by atoms with E-state index in [1.807, 2.05) is 0 Å². The van der Waals surface area contributed by atoms with Gasteiger partial charge < -0.3 is 9.90 Å². The van der Waals surface area contributed by atoms with Crippen LogP contribution in [0, 0.1) is 0 Å². The molecule has 0 saturated heterocycles. The Bertz CT molecular complexity index is 132. The Kier molecular flexibility index (Phi) is 23.2. The molecule has 46 valence electrons. The molecule has 0 rings (SSSR count). The summed E-state index contributed by atoms with van der Waals surface area (Å²) in [6, 6.07) is 0. The number of hydrogen-bond donors (Lipinski definition) is 0. The molecule has 0 fully saturated rings. The van der Waals surface area contributed by atoms with Crippen molar-refractivity contribution < 1.29 is 39.5 Å². The minimum absolute atomic E-state index is 0. The van der Waals surface area contributed by atoms with Crippen molar-refractivity contribution in [3.63, 3.8) is 0 Å². The number of carboxylic acids is 1. The molecular weight excluding hydrogens is 166 g/mol. The molecule has 0 aromatic rings. The molecule has 0 radical (unpaired) electrons. The zero-order valence-corrected chi connectivity index (χ0v) is 7.63. The first-order valence-corrected chi connectivity index (χ1v) is 2.27. The molecule has 0 aromatic heterocycles. The molecule has 0 bridgehead atoms. The van der Waals surface area contributed by atoms with E-state index < -0.39 is 5.97 Å². The van der Waals surface area contributed by atoms with Gasteiger partial charge in [0.1, 0.15) is 0 Å². The zero-order valence-electron chi connectivity index (χ0n) is 5.63. The Hall–Kier alpha value is 1.59. The van der Waals surface area contributed by atoms with Gasteiger partial charge in [0.25, 0.3) is 0 Å². The van der Waals surface area contributed by atoms with E-state index in [2.05, 4.69) is 0 Å². The molecule has 0 aliphatic heterocycles. The van der Waals surface area contributed by atoms with E-state index in [1.54, 1.807) is 19.1 Å². The number of carbonyl (C=O) groups is 1. The Morgan fingerprint density at radius 2 is 1.90 bits per heavy atom. The van der Waals surface area contributed by atoms with Crippen LogP contribution in [0.5, 0.6) is 0 Å². The first kappa shape index (κ1) is 17.6. The number of rotatable bonds is 2. The number of carbonyl (C=O) groups excluding carboxylic acids is 1. The van der Waals surface area contributed by atoms with E-state index in [0.717, 1.165) is 6.08 Å². The van der Waals surface area contributed by atoms with Crippen LogP contribution in [0.1, 0.15) is 6.92 Å². The Morgan fingerprint density at radius 3 is 2.20 bits per heavy atom. The van der Waals surface area contributed by atoms with Gasteiger partial charge >= 0.3 is 80.9 Å². The third-order valence-electron chi connectivity index (χ3n) is 0.536. The molecule has 4 heteroatoms. The molecule has 0 unspecified atom stereocenters. The largest absolute Gasteiger partial charge is 1.00 e. The minimum atomic E-state index is -1.16. The average molecular weight is 174 g/mol. The van der Waals surface area contributed by atoms with Crippen LogP contribution >= 0.6 is 0 Å². The summed E-state index contributed by atoms with van der Waals surface area (Å²) >= 11 is 0. The molecule has 2 nitrogen and oxygen atoms in total. The summed E-state index contributed by atoms with van der Waals surface area (Å²) in [7, 11) is 0. The van der Waals surface area contributed by atoms with Crippen LogP contribution in [-0.4, -0.2) is 57.4 Å². The maximum atomic E-state index is 9.64. The fourth-order valence-corrected chi connectivity index (χ4v) is 0.245. The van der Waals surface area contributed by atoms with Crippen LogP contribution in [0.15, 0.2) is 24.3 Å². The normalized spacial score (nSPS) is 8.90. The topological polar surface area (TPSA) is 40.1 Å². The molecule has 0 spiro atoms. The van der Waals surface area contributed by atoms with Gasteiger partial charge in [-0.15, -0.1) is 0 Å². The smallest absolute Gasteiger partial charge is 1.00 e. The summed E-state index contributed by atoms with van der Waals surface area (Å²) in [5.41, 5.74) is 0. The van der Waals surface area contributed by atoms with Gasteiger partial charge in [-0.05, 0) is 13.0 Å². The molecule has 10 heavy (non-hydrogen) atoms. The van der Waals surface area contributed by atoms with Crippen molar-refractivity contribution in [1.82, 2.24) is 0 Å². The third kappa shape index (κ3) is 16.3. The van der Waals surface area contributed by atoms with Crippen LogP contribution in [0.2, 0.25) is 0 Å². The number of aliphatic carboxylic acids is 1. The van der Waals surface area contributed by atoms with Crippen molar-refractivity contribution >= 4 is 57.4 Å². The average Bonchev–Trinajstić information content (AvgIpc) is 1.66. The van der Waals surface area contributed by atoms with Gasteiger partial charge in [0, 0.05) is 0 Å². The second-order valence-corrected chi connectivity index (χ2v) is 1.20. The van der Waals surface area contributed by atoms with Gasteiger partial charge in [-0.3, -0.25) is 0 Å². The molecule has 0 amide bonds. The second-order valence-electron chi connectivity index (χ2n) is 1.20. The predicted octanol–water partition coefficient (Wildman–Crippen LogP) is -3.78. The second kappa shape index (κ2) is 13.2. The van der Waals surface area contributed by atoms with E-state index in [4.69, 9.17) is 0 Å². The standard InChI is InChI=1S/C6H8O2.K.Na.H/c1-2-3-4-5-6(7)8;;;/h2-5H,1H3,(H,7,8);;;/q;;+1;/p-1/b3-2+,5-4+;;;.